The number of carbonyl (C=O) groups excluding carboxylic acids is 4. The van der Waals surface area contributed by atoms with Crippen LogP contribution in [0.15, 0.2) is 9.98 Å². The van der Waals surface area contributed by atoms with Crippen LogP contribution in [-0.4, -0.2) is 62.3 Å². The molecule has 0 aromatic carbocycles. The molecule has 4 amide bonds. The Morgan fingerprint density at radius 1 is 0.731 bits per heavy atom. The quantitative estimate of drug-likeness (QED) is 0.277. The second-order valence-electron chi connectivity index (χ2n) is 5.80. The topological polar surface area (TPSA) is 120 Å². The van der Waals surface area contributed by atoms with Gasteiger partial charge >= 0.3 is 12.1 Å². The molecule has 2 N–H and O–H groups in total. The molecule has 0 fully saturated rings. The summed E-state index contributed by atoms with van der Waals surface area (Å²) in [5.74, 6) is 0. The van der Waals surface area contributed by atoms with Crippen LogP contribution in [0, 0.1) is 0 Å². The molecule has 0 radical (unpaired) electrons. The van der Waals surface area contributed by atoms with Crippen LogP contribution >= 0.6 is 0 Å². The van der Waals surface area contributed by atoms with Crippen molar-refractivity contribution < 1.29 is 19.2 Å². The Balaban J connectivity index is 3.63. The number of nitrogens with one attached hydrogen (secondary N) is 2. The second kappa shape index (κ2) is 17.3. The van der Waals surface area contributed by atoms with Crippen LogP contribution in [0.1, 0.15) is 51.4 Å². The zero-order valence-electron chi connectivity index (χ0n) is 15.5. The summed E-state index contributed by atoms with van der Waals surface area (Å²) >= 11 is 0. The van der Waals surface area contributed by atoms with Gasteiger partial charge in [-0.3, -0.25) is 0 Å². The number of nitrogens with zero attached hydrogens (tertiary/aromatic N) is 3. The molecule has 0 rings (SSSR count). The first-order chi connectivity index (χ1) is 12.6. The van der Waals surface area contributed by atoms with E-state index in [-0.39, 0.29) is 0 Å². The van der Waals surface area contributed by atoms with Gasteiger partial charge in [0.05, 0.1) is 13.1 Å². The van der Waals surface area contributed by atoms with Gasteiger partial charge in [-0.15, -0.1) is 0 Å². The zero-order valence-corrected chi connectivity index (χ0v) is 15.5. The third-order valence-electron chi connectivity index (χ3n) is 3.68. The van der Waals surface area contributed by atoms with Gasteiger partial charge in [-0.25, -0.2) is 34.1 Å². The molecule has 0 saturated carbocycles. The highest BCUT2D eigenvalue weighted by Gasteiger charge is 2.15. The van der Waals surface area contributed by atoms with Crippen molar-refractivity contribution in [3.63, 3.8) is 0 Å². The molecule has 0 aliphatic rings. The minimum absolute atomic E-state index is 0.431. The van der Waals surface area contributed by atoms with Crippen LogP contribution in [-0.2, 0) is 9.59 Å². The Morgan fingerprint density at radius 3 is 1.50 bits per heavy atom. The molecule has 0 spiro atoms. The smallest absolute Gasteiger partial charge is 0.325 e. The maximum atomic E-state index is 11.8. The minimum atomic E-state index is -0.431. The number of hydrogen-bond acceptors (Lipinski definition) is 6. The van der Waals surface area contributed by atoms with Crippen LogP contribution in [0.5, 0.6) is 0 Å². The van der Waals surface area contributed by atoms with E-state index in [0.29, 0.717) is 26.2 Å². The Hall–Kier alpha value is -2.50. The van der Waals surface area contributed by atoms with Crippen molar-refractivity contribution in [2.24, 2.45) is 9.98 Å². The van der Waals surface area contributed by atoms with E-state index in [1.807, 2.05) is 0 Å². The average molecular weight is 367 g/mol. The summed E-state index contributed by atoms with van der Waals surface area (Å²) in [5, 5.41) is 5.39. The van der Waals surface area contributed by atoms with Crippen molar-refractivity contribution in [3.8, 4) is 0 Å². The lowest BCUT2D eigenvalue weighted by Gasteiger charge is -2.17. The van der Waals surface area contributed by atoms with Crippen molar-refractivity contribution in [1.29, 1.82) is 0 Å². The fraction of sp³-hybridized carbons (Fsp3) is 0.765. The van der Waals surface area contributed by atoms with Gasteiger partial charge < -0.3 is 10.6 Å². The van der Waals surface area contributed by atoms with Gasteiger partial charge in [0.2, 0.25) is 12.2 Å². The molecule has 0 aromatic rings. The zero-order chi connectivity index (χ0) is 19.5. The molecule has 0 unspecified atom stereocenters. The molecule has 9 nitrogen and oxygen atoms in total. The number of hydrogen-bond donors (Lipinski definition) is 2. The van der Waals surface area contributed by atoms with Crippen molar-refractivity contribution in [2.45, 2.75) is 51.4 Å². The third kappa shape index (κ3) is 13.9. The molecular formula is C17H29N5O4. The van der Waals surface area contributed by atoms with Crippen molar-refractivity contribution >= 4 is 24.2 Å². The third-order valence-corrected chi connectivity index (χ3v) is 3.68. The number of aliphatic imine (C=N–C) groups is 2. The molecule has 146 valence electrons. The Labute approximate surface area is 154 Å². The number of amides is 4. The minimum Gasteiger partial charge on any atom is -0.338 e. The van der Waals surface area contributed by atoms with Crippen LogP contribution in [0.4, 0.5) is 9.59 Å². The summed E-state index contributed by atoms with van der Waals surface area (Å²) in [6.07, 6.45) is 9.96. The summed E-state index contributed by atoms with van der Waals surface area (Å²) in [4.78, 5) is 51.4. The van der Waals surface area contributed by atoms with Crippen molar-refractivity contribution in [2.75, 3.05) is 33.2 Å². The lowest BCUT2D eigenvalue weighted by Crippen LogP contribution is -2.46. The monoisotopic (exact) mass is 367 g/mol. The van der Waals surface area contributed by atoms with Crippen LogP contribution in [0.3, 0.4) is 0 Å². The van der Waals surface area contributed by atoms with Crippen LogP contribution in [0.25, 0.3) is 0 Å². The van der Waals surface area contributed by atoms with Crippen molar-refractivity contribution in [3.05, 3.63) is 0 Å². The largest absolute Gasteiger partial charge is 0.338 e. The SMILES string of the molecule is CN(C(=O)NCCCCCCN=C=O)C(=O)NCCCCCCN=C=O. The molecular weight excluding hydrogens is 338 g/mol. The number of unbranched alkanes of at least 4 members (excludes halogenated alkanes) is 6. The number of rotatable bonds is 14. The molecule has 26 heavy (non-hydrogen) atoms. The fourth-order valence-electron chi connectivity index (χ4n) is 2.15. The van der Waals surface area contributed by atoms with Gasteiger partial charge in [-0.05, 0) is 25.7 Å². The maximum Gasteiger partial charge on any atom is 0.325 e. The lowest BCUT2D eigenvalue weighted by molar-refractivity contribution is 0.194. The van der Waals surface area contributed by atoms with Crippen LogP contribution < -0.4 is 10.6 Å². The number of imide groups is 1. The molecule has 0 heterocycles. The molecule has 0 aromatic heterocycles. The lowest BCUT2D eigenvalue weighted by atomic mass is 10.2. The Kier molecular flexibility index (Phi) is 15.7. The first-order valence-corrected chi connectivity index (χ1v) is 9.00. The summed E-state index contributed by atoms with van der Waals surface area (Å²) < 4.78 is 0. The van der Waals surface area contributed by atoms with Gasteiger partial charge in [0, 0.05) is 20.1 Å². The average Bonchev–Trinajstić information content (AvgIpc) is 2.65. The van der Waals surface area contributed by atoms with Crippen LogP contribution in [0.2, 0.25) is 0 Å². The van der Waals surface area contributed by atoms with Gasteiger partial charge in [-0.1, -0.05) is 25.7 Å². The summed E-state index contributed by atoms with van der Waals surface area (Å²) in [5.41, 5.74) is 0. The van der Waals surface area contributed by atoms with Gasteiger partial charge in [0.25, 0.3) is 0 Å². The standard InChI is InChI=1S/C17H29N5O4/c1-22(16(25)20-12-8-4-2-6-10-18-14-23)17(26)21-13-9-5-3-7-11-19-15-24/h2-13H2,1H3,(H,20,25)(H,21,26). The highest BCUT2D eigenvalue weighted by Crippen LogP contribution is 2.00. The molecule has 0 saturated heterocycles. The maximum absolute atomic E-state index is 11.8. The van der Waals surface area contributed by atoms with Crippen molar-refractivity contribution in [1.82, 2.24) is 15.5 Å². The van der Waals surface area contributed by atoms with E-state index in [2.05, 4.69) is 20.6 Å². The molecule has 0 bridgehead atoms. The predicted octanol–water partition coefficient (Wildman–Crippen LogP) is 2.13. The summed E-state index contributed by atoms with van der Waals surface area (Å²) in [6, 6.07) is -0.862. The van der Waals surface area contributed by atoms with E-state index < -0.39 is 12.1 Å². The molecule has 0 aliphatic carbocycles. The van der Waals surface area contributed by atoms with E-state index in [0.717, 1.165) is 56.3 Å². The van der Waals surface area contributed by atoms with Gasteiger partial charge in [0.1, 0.15) is 0 Å². The van der Waals surface area contributed by atoms with E-state index in [9.17, 15) is 19.2 Å². The summed E-state index contributed by atoms with van der Waals surface area (Å²) in [6.45, 7) is 1.98. The number of carbonyl (C=O) groups is 2. The first kappa shape index (κ1) is 23.5. The van der Waals surface area contributed by atoms with E-state index >= 15 is 0 Å². The number of urea groups is 2. The van der Waals surface area contributed by atoms with E-state index in [1.165, 1.54) is 19.2 Å². The molecule has 0 aliphatic heterocycles. The normalized spacial score (nSPS) is 9.58. The number of isocyanates is 2. The summed E-state index contributed by atoms with van der Waals surface area (Å²) in [7, 11) is 1.43. The van der Waals surface area contributed by atoms with Gasteiger partial charge in [0.15, 0.2) is 0 Å². The second-order valence-corrected chi connectivity index (χ2v) is 5.80. The molecule has 0 atom stereocenters. The molecule has 9 heteroatoms. The predicted molar refractivity (Wildman–Crippen MR) is 97.5 cm³/mol. The fourth-order valence-corrected chi connectivity index (χ4v) is 2.15. The van der Waals surface area contributed by atoms with E-state index in [4.69, 9.17) is 0 Å². The van der Waals surface area contributed by atoms with Gasteiger partial charge in [-0.2, -0.15) is 0 Å². The Bertz CT molecular complexity index is 455. The highest BCUT2D eigenvalue weighted by atomic mass is 16.2. The van der Waals surface area contributed by atoms with E-state index in [1.54, 1.807) is 0 Å². The highest BCUT2D eigenvalue weighted by molar-refractivity contribution is 5.93. The Morgan fingerprint density at radius 2 is 1.12 bits per heavy atom. The first-order valence-electron chi connectivity index (χ1n) is 9.00.